The minimum absolute atomic E-state index is 0.261. The van der Waals surface area contributed by atoms with Crippen LogP contribution in [0.3, 0.4) is 0 Å². The van der Waals surface area contributed by atoms with Crippen molar-refractivity contribution in [3.8, 4) is 0 Å². The molecule has 1 rings (SSSR count). The van der Waals surface area contributed by atoms with Gasteiger partial charge in [-0.25, -0.2) is 0 Å². The first-order valence-electron chi connectivity index (χ1n) is 4.82. The summed E-state index contributed by atoms with van der Waals surface area (Å²) in [7, 11) is 0. The Balaban J connectivity index is 2.25. The van der Waals surface area contributed by atoms with E-state index in [0.29, 0.717) is 12.2 Å². The minimum Gasteiger partial charge on any atom is -0.393 e. The van der Waals surface area contributed by atoms with Crippen LogP contribution in [0.25, 0.3) is 0 Å². The number of rotatable bonds is 6. The van der Waals surface area contributed by atoms with Crippen molar-refractivity contribution < 1.29 is 14.9 Å². The fourth-order valence-electron chi connectivity index (χ4n) is 1.10. The van der Waals surface area contributed by atoms with Gasteiger partial charge in [-0.15, -0.1) is 0 Å². The highest BCUT2D eigenvalue weighted by molar-refractivity contribution is 5.13. The summed E-state index contributed by atoms with van der Waals surface area (Å²) in [6, 6.07) is 9.75. The zero-order valence-electron chi connectivity index (χ0n) is 8.60. The summed E-state index contributed by atoms with van der Waals surface area (Å²) >= 11 is 0. The van der Waals surface area contributed by atoms with Gasteiger partial charge in [0, 0.05) is 0 Å². The van der Waals surface area contributed by atoms with E-state index in [1.807, 2.05) is 30.3 Å². The standard InChI is InChI=1S/C12H16O3/c1-10(12(14)7-13)8-15-9-11-5-3-2-4-6-11/h2-6,12-14H,1,7-9H2. The van der Waals surface area contributed by atoms with Crippen LogP contribution in [0.4, 0.5) is 0 Å². The second-order valence-corrected chi connectivity index (χ2v) is 3.34. The summed E-state index contributed by atoms with van der Waals surface area (Å²) in [5, 5.41) is 17.8. The SMILES string of the molecule is C=C(COCc1ccccc1)C(O)CO. The molecule has 0 bridgehead atoms. The van der Waals surface area contributed by atoms with Gasteiger partial charge in [0.15, 0.2) is 0 Å². The van der Waals surface area contributed by atoms with Crippen molar-refractivity contribution in [1.29, 1.82) is 0 Å². The molecule has 0 saturated heterocycles. The molecule has 0 amide bonds. The Morgan fingerprint density at radius 2 is 2.00 bits per heavy atom. The van der Waals surface area contributed by atoms with Gasteiger partial charge < -0.3 is 14.9 Å². The van der Waals surface area contributed by atoms with Crippen LogP contribution in [0.5, 0.6) is 0 Å². The zero-order valence-corrected chi connectivity index (χ0v) is 8.60. The summed E-state index contributed by atoms with van der Waals surface area (Å²) in [5.74, 6) is 0. The van der Waals surface area contributed by atoms with Crippen molar-refractivity contribution in [2.75, 3.05) is 13.2 Å². The van der Waals surface area contributed by atoms with E-state index in [1.54, 1.807) is 0 Å². The summed E-state index contributed by atoms with van der Waals surface area (Å²) in [4.78, 5) is 0. The van der Waals surface area contributed by atoms with Crippen LogP contribution in [-0.4, -0.2) is 29.5 Å². The van der Waals surface area contributed by atoms with Gasteiger partial charge in [0.2, 0.25) is 0 Å². The monoisotopic (exact) mass is 208 g/mol. The number of aliphatic hydroxyl groups is 2. The third-order valence-corrected chi connectivity index (χ3v) is 2.04. The van der Waals surface area contributed by atoms with Crippen LogP contribution in [0, 0.1) is 0 Å². The van der Waals surface area contributed by atoms with E-state index >= 15 is 0 Å². The molecule has 3 heteroatoms. The summed E-state index contributed by atoms with van der Waals surface area (Å²) in [5.41, 5.74) is 1.57. The van der Waals surface area contributed by atoms with Gasteiger partial charge in [-0.1, -0.05) is 36.9 Å². The van der Waals surface area contributed by atoms with E-state index in [4.69, 9.17) is 9.84 Å². The molecule has 0 radical (unpaired) electrons. The summed E-state index contributed by atoms with van der Waals surface area (Å²) in [6.45, 7) is 4.05. The molecule has 0 aliphatic rings. The van der Waals surface area contributed by atoms with Gasteiger partial charge in [-0.3, -0.25) is 0 Å². The third kappa shape index (κ3) is 4.25. The van der Waals surface area contributed by atoms with Crippen LogP contribution in [0.1, 0.15) is 5.56 Å². The molecule has 2 N–H and O–H groups in total. The first-order valence-corrected chi connectivity index (χ1v) is 4.82. The van der Waals surface area contributed by atoms with Crippen LogP contribution >= 0.6 is 0 Å². The highest BCUT2D eigenvalue weighted by Crippen LogP contribution is 2.04. The Morgan fingerprint density at radius 3 is 2.60 bits per heavy atom. The van der Waals surface area contributed by atoms with E-state index in [0.717, 1.165) is 5.56 Å². The molecule has 1 aromatic carbocycles. The molecule has 0 fully saturated rings. The van der Waals surface area contributed by atoms with E-state index in [9.17, 15) is 5.11 Å². The highest BCUT2D eigenvalue weighted by Gasteiger charge is 2.06. The maximum absolute atomic E-state index is 9.19. The Morgan fingerprint density at radius 1 is 1.33 bits per heavy atom. The molecular weight excluding hydrogens is 192 g/mol. The van der Waals surface area contributed by atoms with Crippen molar-refractivity contribution in [2.24, 2.45) is 0 Å². The van der Waals surface area contributed by atoms with Crippen molar-refractivity contribution >= 4 is 0 Å². The van der Waals surface area contributed by atoms with Crippen LogP contribution < -0.4 is 0 Å². The molecule has 82 valence electrons. The smallest absolute Gasteiger partial charge is 0.1000 e. The third-order valence-electron chi connectivity index (χ3n) is 2.04. The predicted octanol–water partition coefficient (Wildman–Crippen LogP) is 1.11. The lowest BCUT2D eigenvalue weighted by molar-refractivity contribution is 0.0868. The number of aliphatic hydroxyl groups excluding tert-OH is 2. The number of benzene rings is 1. The first kappa shape index (κ1) is 11.9. The largest absolute Gasteiger partial charge is 0.393 e. The zero-order chi connectivity index (χ0) is 11.1. The van der Waals surface area contributed by atoms with E-state index in [-0.39, 0.29) is 13.2 Å². The molecule has 15 heavy (non-hydrogen) atoms. The second-order valence-electron chi connectivity index (χ2n) is 3.34. The first-order chi connectivity index (χ1) is 7.24. The fourth-order valence-corrected chi connectivity index (χ4v) is 1.10. The van der Waals surface area contributed by atoms with Gasteiger partial charge in [-0.05, 0) is 11.1 Å². The predicted molar refractivity (Wildman–Crippen MR) is 58.3 cm³/mol. The Kier molecular flexibility index (Phi) is 5.04. The topological polar surface area (TPSA) is 49.7 Å². The highest BCUT2D eigenvalue weighted by atomic mass is 16.5. The van der Waals surface area contributed by atoms with E-state index < -0.39 is 6.10 Å². The molecule has 1 aromatic rings. The summed E-state index contributed by atoms with van der Waals surface area (Å²) < 4.78 is 5.33. The summed E-state index contributed by atoms with van der Waals surface area (Å²) in [6.07, 6.45) is -0.888. The molecule has 0 saturated carbocycles. The number of hydrogen-bond acceptors (Lipinski definition) is 3. The molecule has 0 aliphatic heterocycles. The molecule has 0 aliphatic carbocycles. The van der Waals surface area contributed by atoms with Crippen LogP contribution in [-0.2, 0) is 11.3 Å². The van der Waals surface area contributed by atoms with Crippen molar-refractivity contribution in [2.45, 2.75) is 12.7 Å². The number of ether oxygens (including phenoxy) is 1. The van der Waals surface area contributed by atoms with Gasteiger partial charge in [0.05, 0.1) is 25.9 Å². The molecule has 0 heterocycles. The van der Waals surface area contributed by atoms with Crippen molar-refractivity contribution in [3.63, 3.8) is 0 Å². The average Bonchev–Trinajstić information content (AvgIpc) is 2.29. The van der Waals surface area contributed by atoms with Crippen molar-refractivity contribution in [1.82, 2.24) is 0 Å². The van der Waals surface area contributed by atoms with Crippen LogP contribution in [0.15, 0.2) is 42.5 Å². The Bertz CT molecular complexity index is 295. The average molecular weight is 208 g/mol. The molecular formula is C12H16O3. The Hall–Kier alpha value is -1.16. The van der Waals surface area contributed by atoms with Gasteiger partial charge in [0.1, 0.15) is 0 Å². The molecule has 3 nitrogen and oxygen atoms in total. The Labute approximate surface area is 89.6 Å². The number of hydrogen-bond donors (Lipinski definition) is 2. The second kappa shape index (κ2) is 6.35. The lowest BCUT2D eigenvalue weighted by Gasteiger charge is -2.11. The molecule has 0 spiro atoms. The van der Waals surface area contributed by atoms with E-state index in [1.165, 1.54) is 0 Å². The quantitative estimate of drug-likeness (QED) is 0.689. The molecule has 1 atom stereocenters. The fraction of sp³-hybridized carbons (Fsp3) is 0.333. The van der Waals surface area contributed by atoms with Crippen LogP contribution in [0.2, 0.25) is 0 Å². The maximum Gasteiger partial charge on any atom is 0.1000 e. The maximum atomic E-state index is 9.19. The van der Waals surface area contributed by atoms with Gasteiger partial charge in [0.25, 0.3) is 0 Å². The normalized spacial score (nSPS) is 12.4. The van der Waals surface area contributed by atoms with Crippen molar-refractivity contribution in [3.05, 3.63) is 48.0 Å². The lowest BCUT2D eigenvalue weighted by atomic mass is 10.2. The minimum atomic E-state index is -0.888. The molecule has 1 unspecified atom stereocenters. The van der Waals surface area contributed by atoms with Gasteiger partial charge in [-0.2, -0.15) is 0 Å². The van der Waals surface area contributed by atoms with Gasteiger partial charge >= 0.3 is 0 Å². The molecule has 0 aromatic heterocycles. The van der Waals surface area contributed by atoms with E-state index in [2.05, 4.69) is 6.58 Å². The lowest BCUT2D eigenvalue weighted by Crippen LogP contribution is -2.18.